The van der Waals surface area contributed by atoms with Crippen molar-refractivity contribution in [2.45, 2.75) is 72.8 Å². The fraction of sp³-hybridized carbons (Fsp3) is 0.536. The molecule has 1 aromatic rings. The first-order chi connectivity index (χ1) is 15.7. The topological polar surface area (TPSA) is 69.1 Å². The van der Waals surface area contributed by atoms with E-state index in [2.05, 4.69) is 56.6 Å². The maximum atomic E-state index is 12.7. The number of pyridine rings is 1. The Hall–Kier alpha value is -2.53. The van der Waals surface area contributed by atoms with Gasteiger partial charge in [-0.1, -0.05) is 45.9 Å². The van der Waals surface area contributed by atoms with E-state index in [0.29, 0.717) is 11.9 Å². The van der Waals surface area contributed by atoms with Crippen LogP contribution in [0.25, 0.3) is 12.2 Å². The summed E-state index contributed by atoms with van der Waals surface area (Å²) in [5.74, 6) is 1.54. The molecular formula is C28H44N4O. The van der Waals surface area contributed by atoms with Crippen LogP contribution in [0, 0.1) is 17.2 Å². The Balaban J connectivity index is 0.000000981. The molecule has 0 saturated heterocycles. The third-order valence-corrected chi connectivity index (χ3v) is 6.31. The van der Waals surface area contributed by atoms with Crippen LogP contribution in [-0.2, 0) is 4.79 Å². The smallest absolute Gasteiger partial charge is 0.228 e. The van der Waals surface area contributed by atoms with Gasteiger partial charge in [-0.15, -0.1) is 0 Å². The molecular weight excluding hydrogens is 408 g/mol. The lowest BCUT2D eigenvalue weighted by Gasteiger charge is -2.31. The van der Waals surface area contributed by atoms with Crippen LogP contribution in [0.15, 0.2) is 36.1 Å². The van der Waals surface area contributed by atoms with Crippen LogP contribution in [0.1, 0.15) is 66.7 Å². The summed E-state index contributed by atoms with van der Waals surface area (Å²) in [6, 6.07) is 2.45. The molecule has 5 heteroatoms. The van der Waals surface area contributed by atoms with Gasteiger partial charge in [-0.2, -0.15) is 0 Å². The van der Waals surface area contributed by atoms with Gasteiger partial charge >= 0.3 is 0 Å². The van der Waals surface area contributed by atoms with Gasteiger partial charge in [-0.05, 0) is 93.3 Å². The number of aromatic nitrogens is 1. The predicted octanol–water partition coefficient (Wildman–Crippen LogP) is 4.93. The molecule has 5 nitrogen and oxygen atoms in total. The number of amides is 1. The van der Waals surface area contributed by atoms with Gasteiger partial charge in [0.2, 0.25) is 5.91 Å². The third-order valence-electron chi connectivity index (χ3n) is 6.31. The van der Waals surface area contributed by atoms with Crippen molar-refractivity contribution >= 4 is 30.1 Å². The van der Waals surface area contributed by atoms with Gasteiger partial charge in [0.05, 0.1) is 0 Å². The molecule has 1 saturated carbocycles. The van der Waals surface area contributed by atoms with E-state index in [1.165, 1.54) is 12.6 Å². The number of hydrogen-bond acceptors (Lipinski definition) is 4. The highest BCUT2D eigenvalue weighted by atomic mass is 16.1. The number of hydrogen-bond donors (Lipinski definition) is 2. The lowest BCUT2D eigenvalue weighted by molar-refractivity contribution is -0.121. The van der Waals surface area contributed by atoms with E-state index in [4.69, 9.17) is 5.41 Å². The molecule has 1 amide bonds. The second-order valence-electron chi connectivity index (χ2n) is 9.31. The Morgan fingerprint density at radius 3 is 2.30 bits per heavy atom. The molecule has 2 rings (SSSR count). The predicted molar refractivity (Wildman–Crippen MR) is 143 cm³/mol. The van der Waals surface area contributed by atoms with Crippen LogP contribution >= 0.6 is 0 Å². The zero-order valence-corrected chi connectivity index (χ0v) is 21.7. The molecule has 0 bridgehead atoms. The number of carbonyl (C=O) groups excluding carboxylic acids is 1. The van der Waals surface area contributed by atoms with Crippen molar-refractivity contribution in [3.8, 4) is 0 Å². The quantitative estimate of drug-likeness (QED) is 0.455. The zero-order valence-electron chi connectivity index (χ0n) is 21.7. The summed E-state index contributed by atoms with van der Waals surface area (Å²) in [6.07, 6.45) is 14.0. The number of nitrogens with one attached hydrogen (secondary N) is 2. The van der Waals surface area contributed by atoms with Crippen molar-refractivity contribution in [2.24, 2.45) is 11.8 Å². The second-order valence-corrected chi connectivity index (χ2v) is 9.31. The summed E-state index contributed by atoms with van der Waals surface area (Å²) in [6.45, 7) is 14.5. The minimum Gasteiger partial charge on any atom is -0.310 e. The Kier molecular flexibility index (Phi) is 12.6. The average molecular weight is 453 g/mol. The second kappa shape index (κ2) is 14.6. The van der Waals surface area contributed by atoms with Gasteiger partial charge in [0.1, 0.15) is 5.82 Å². The summed E-state index contributed by atoms with van der Waals surface area (Å²) < 4.78 is 0. The molecule has 0 aromatic carbocycles. The number of nitrogens with zero attached hydrogens (tertiary/aromatic N) is 2. The van der Waals surface area contributed by atoms with Crippen molar-refractivity contribution in [1.82, 2.24) is 9.88 Å². The highest BCUT2D eigenvalue weighted by Crippen LogP contribution is 2.27. The van der Waals surface area contributed by atoms with Gasteiger partial charge in [0.15, 0.2) is 0 Å². The lowest BCUT2D eigenvalue weighted by atomic mass is 9.85. The summed E-state index contributed by atoms with van der Waals surface area (Å²) in [4.78, 5) is 19.3. The monoisotopic (exact) mass is 452 g/mol. The molecule has 182 valence electrons. The molecule has 1 aliphatic carbocycles. The van der Waals surface area contributed by atoms with Crippen molar-refractivity contribution in [2.75, 3.05) is 19.4 Å². The summed E-state index contributed by atoms with van der Waals surface area (Å²) in [5.41, 5.74) is 1.52. The Morgan fingerprint density at radius 2 is 1.85 bits per heavy atom. The van der Waals surface area contributed by atoms with E-state index >= 15 is 0 Å². The average Bonchev–Trinajstić information content (AvgIpc) is 2.80. The first-order valence-electron chi connectivity index (χ1n) is 12.1. The first-order valence-corrected chi connectivity index (χ1v) is 12.1. The minimum atomic E-state index is 0.0466. The van der Waals surface area contributed by atoms with Crippen molar-refractivity contribution < 1.29 is 4.79 Å². The Labute approximate surface area is 200 Å². The molecule has 1 heterocycles. The van der Waals surface area contributed by atoms with E-state index < -0.39 is 0 Å². The van der Waals surface area contributed by atoms with Crippen molar-refractivity contribution in [1.29, 1.82) is 5.41 Å². The Morgan fingerprint density at radius 1 is 1.24 bits per heavy atom. The maximum absolute atomic E-state index is 12.7. The van der Waals surface area contributed by atoms with Crippen LogP contribution in [0.4, 0.5) is 5.82 Å². The number of carbonyl (C=O) groups is 1. The summed E-state index contributed by atoms with van der Waals surface area (Å²) >= 11 is 0. The van der Waals surface area contributed by atoms with E-state index in [9.17, 15) is 4.79 Å². The molecule has 33 heavy (non-hydrogen) atoms. The van der Waals surface area contributed by atoms with Crippen LogP contribution in [0.2, 0.25) is 0 Å². The molecule has 0 aliphatic heterocycles. The van der Waals surface area contributed by atoms with E-state index in [1.807, 2.05) is 38.1 Å². The fourth-order valence-electron chi connectivity index (χ4n) is 3.63. The first kappa shape index (κ1) is 28.5. The molecule has 1 aromatic heterocycles. The largest absolute Gasteiger partial charge is 0.310 e. The standard InChI is InChI=1S/C23H32N4O.C5H12/c1-6-17(14-24)16(3)12-20-13-22(25-15-18(20)7-2)26-23(28)19-8-10-21(11-9-19)27(4)5;1-4-5(2)3/h6-7,12-15,19,21,24H,3,8-11H2,1-2,4-5H3,(H,26,28);5H,4H2,1-3H3/b17-6+,18-7-,20-12-,24-14?;. The van der Waals surface area contributed by atoms with E-state index in [-0.39, 0.29) is 11.8 Å². The molecule has 0 spiro atoms. The molecule has 1 fully saturated rings. The fourth-order valence-corrected chi connectivity index (χ4v) is 3.63. The lowest BCUT2D eigenvalue weighted by Crippen LogP contribution is -2.36. The van der Waals surface area contributed by atoms with Gasteiger partial charge in [-0.25, -0.2) is 4.98 Å². The molecule has 1 aliphatic rings. The van der Waals surface area contributed by atoms with E-state index in [1.54, 1.807) is 6.20 Å². The van der Waals surface area contributed by atoms with Gasteiger partial charge in [0.25, 0.3) is 0 Å². The third kappa shape index (κ3) is 9.47. The Bertz CT molecular complexity index is 935. The van der Waals surface area contributed by atoms with Crippen molar-refractivity contribution in [3.63, 3.8) is 0 Å². The van der Waals surface area contributed by atoms with Crippen LogP contribution in [0.3, 0.4) is 0 Å². The number of anilines is 1. The molecule has 0 unspecified atom stereocenters. The number of allylic oxidation sites excluding steroid dienone is 3. The van der Waals surface area contributed by atoms with Crippen LogP contribution in [0.5, 0.6) is 0 Å². The molecule has 0 atom stereocenters. The minimum absolute atomic E-state index is 0.0466. The highest BCUT2D eigenvalue weighted by Gasteiger charge is 2.27. The highest BCUT2D eigenvalue weighted by molar-refractivity contribution is 5.92. The molecule has 2 N–H and O–H groups in total. The summed E-state index contributed by atoms with van der Waals surface area (Å²) in [7, 11) is 4.20. The van der Waals surface area contributed by atoms with E-state index in [0.717, 1.165) is 53.2 Å². The zero-order chi connectivity index (χ0) is 25.0. The summed E-state index contributed by atoms with van der Waals surface area (Å²) in [5, 5.41) is 12.4. The van der Waals surface area contributed by atoms with Gasteiger partial charge < -0.3 is 15.6 Å². The number of rotatable bonds is 7. The van der Waals surface area contributed by atoms with Gasteiger partial charge in [0, 0.05) is 24.4 Å². The van der Waals surface area contributed by atoms with Gasteiger partial charge in [-0.3, -0.25) is 4.79 Å². The molecule has 0 radical (unpaired) electrons. The van der Waals surface area contributed by atoms with Crippen LogP contribution in [-0.4, -0.2) is 42.1 Å². The SMILES string of the molecule is C=C(/C=c1/cc(NC(=O)C2CCC(N(C)C)CC2)nc/c1=C/C)/C(C=N)=C/C.CCC(C)C. The van der Waals surface area contributed by atoms with Crippen LogP contribution < -0.4 is 15.8 Å². The maximum Gasteiger partial charge on any atom is 0.228 e. The van der Waals surface area contributed by atoms with Crippen molar-refractivity contribution in [3.05, 3.63) is 46.5 Å². The normalized spacial score (nSPS) is 19.8.